The number of nitrogens with one attached hydrogen (secondary N) is 3. The predicted octanol–water partition coefficient (Wildman–Crippen LogP) is 7.19. The third-order valence-electron chi connectivity index (χ3n) is 9.40. The van der Waals surface area contributed by atoms with E-state index in [-0.39, 0.29) is 75.8 Å². The molecule has 0 aromatic heterocycles. The van der Waals surface area contributed by atoms with E-state index < -0.39 is 41.1 Å². The van der Waals surface area contributed by atoms with Gasteiger partial charge < -0.3 is 36.4 Å². The molecule has 59 heavy (non-hydrogen) atoms. The molecule has 3 amide bonds. The van der Waals surface area contributed by atoms with Gasteiger partial charge >= 0.3 is 5.97 Å². The highest BCUT2D eigenvalue weighted by molar-refractivity contribution is 6.09. The van der Waals surface area contributed by atoms with E-state index in [9.17, 15) is 54.5 Å². The molecule has 0 fully saturated rings. The van der Waals surface area contributed by atoms with Crippen molar-refractivity contribution in [2.24, 2.45) is 5.92 Å². The van der Waals surface area contributed by atoms with Crippen molar-refractivity contribution in [3.63, 3.8) is 0 Å². The SMILES string of the molecule is Cc1c(NC(=O)c2ccc(NC(=O)c3ccc(NC(=O)C(CC#N)CC(=O)c4ccc(CC(=O)/C=C/c5ccc(O)cc5)cc4)cc3)c(C)c2O)ccc(C(=O)O)c1O. The summed E-state index contributed by atoms with van der Waals surface area (Å²) in [6, 6.07) is 25.7. The maximum atomic E-state index is 13.2. The number of benzene rings is 5. The number of carbonyl (C=O) groups is 6. The summed E-state index contributed by atoms with van der Waals surface area (Å²) in [5.74, 6) is -5.54. The van der Waals surface area contributed by atoms with Crippen molar-refractivity contribution in [2.45, 2.75) is 33.1 Å². The van der Waals surface area contributed by atoms with E-state index in [1.807, 2.05) is 6.07 Å². The first-order valence-corrected chi connectivity index (χ1v) is 18.1. The summed E-state index contributed by atoms with van der Waals surface area (Å²) in [7, 11) is 0. The minimum Gasteiger partial charge on any atom is -0.508 e. The molecule has 298 valence electrons. The third-order valence-corrected chi connectivity index (χ3v) is 9.40. The van der Waals surface area contributed by atoms with Gasteiger partial charge in [-0.3, -0.25) is 24.0 Å². The van der Waals surface area contributed by atoms with E-state index in [0.717, 1.165) is 11.6 Å². The van der Waals surface area contributed by atoms with E-state index in [4.69, 9.17) is 0 Å². The summed E-state index contributed by atoms with van der Waals surface area (Å²) in [6.45, 7) is 2.91. The molecule has 1 atom stereocenters. The van der Waals surface area contributed by atoms with Gasteiger partial charge in [-0.1, -0.05) is 42.5 Å². The van der Waals surface area contributed by atoms with Crippen molar-refractivity contribution < 1.29 is 49.2 Å². The molecule has 0 radical (unpaired) electrons. The molecule has 14 nitrogen and oxygen atoms in total. The molecule has 0 aliphatic rings. The Hall–Kier alpha value is -8.05. The Kier molecular flexibility index (Phi) is 13.4. The summed E-state index contributed by atoms with van der Waals surface area (Å²) in [6.07, 6.45) is 2.70. The van der Waals surface area contributed by atoms with Crippen LogP contribution in [0.25, 0.3) is 6.08 Å². The Morgan fingerprint density at radius 3 is 1.83 bits per heavy atom. The van der Waals surface area contributed by atoms with E-state index in [1.54, 1.807) is 42.5 Å². The van der Waals surface area contributed by atoms with Crippen LogP contribution in [0.5, 0.6) is 17.2 Å². The van der Waals surface area contributed by atoms with Gasteiger partial charge in [-0.15, -0.1) is 0 Å². The molecule has 0 aliphatic heterocycles. The molecule has 1 unspecified atom stereocenters. The van der Waals surface area contributed by atoms with Crippen LogP contribution < -0.4 is 16.0 Å². The van der Waals surface area contributed by atoms with Gasteiger partial charge in [0.05, 0.1) is 17.6 Å². The molecule has 5 rings (SSSR count). The maximum Gasteiger partial charge on any atom is 0.339 e. The van der Waals surface area contributed by atoms with Crippen molar-refractivity contribution in [3.8, 4) is 23.3 Å². The number of nitriles is 1. The number of phenolic OH excluding ortho intramolecular Hbond substituents is 2. The fourth-order valence-electron chi connectivity index (χ4n) is 5.91. The minimum absolute atomic E-state index is 0.101. The highest BCUT2D eigenvalue weighted by Gasteiger charge is 2.24. The second kappa shape index (κ2) is 18.7. The molecule has 7 N–H and O–H groups in total. The van der Waals surface area contributed by atoms with Crippen LogP contribution in [0.1, 0.15) is 76.5 Å². The van der Waals surface area contributed by atoms with Gasteiger partial charge in [0.25, 0.3) is 11.8 Å². The Morgan fingerprint density at radius 2 is 1.24 bits per heavy atom. The predicted molar refractivity (Wildman–Crippen MR) is 219 cm³/mol. The standard InChI is InChI=1S/C45H38N4O10/c1-25-37(19-17-35(40(25)53)44(57)49-38-20-18-36(45(58)59)41(54)26(38)2)48-42(55)30-10-12-32(13-11-30)47-43(56)31(21-22-46)24-39(52)29-8-3-28(4-9-29)23-34(51)16-7-27-5-14-33(50)15-6-27/h3-20,31,50,53-54H,21,23-24H2,1-2H3,(H,47,56)(H,48,55)(H,49,57)(H,58,59)/b16-7+. The number of anilines is 3. The van der Waals surface area contributed by atoms with Crippen LogP contribution in [-0.4, -0.2) is 55.7 Å². The zero-order chi connectivity index (χ0) is 42.8. The summed E-state index contributed by atoms with van der Waals surface area (Å²) in [5.41, 5.74) is 2.39. The van der Waals surface area contributed by atoms with E-state index >= 15 is 0 Å². The number of ketones is 2. The summed E-state index contributed by atoms with van der Waals surface area (Å²) >= 11 is 0. The van der Waals surface area contributed by atoms with Gasteiger partial charge in [-0.05, 0) is 91.7 Å². The van der Waals surface area contributed by atoms with Crippen molar-refractivity contribution in [3.05, 3.63) is 148 Å². The highest BCUT2D eigenvalue weighted by Crippen LogP contribution is 2.32. The number of carboxylic acid groups (broad SMARTS) is 1. The van der Waals surface area contributed by atoms with Crippen LogP contribution in [0.2, 0.25) is 0 Å². The van der Waals surface area contributed by atoms with Gasteiger partial charge in [0.1, 0.15) is 22.8 Å². The lowest BCUT2D eigenvalue weighted by atomic mass is 9.94. The smallest absolute Gasteiger partial charge is 0.339 e. The van der Waals surface area contributed by atoms with E-state index in [0.29, 0.717) is 16.8 Å². The number of amides is 3. The van der Waals surface area contributed by atoms with Gasteiger partial charge in [0, 0.05) is 58.6 Å². The highest BCUT2D eigenvalue weighted by atomic mass is 16.4. The second-order valence-electron chi connectivity index (χ2n) is 13.5. The zero-order valence-corrected chi connectivity index (χ0v) is 31.8. The Bertz CT molecular complexity index is 2520. The number of carbonyl (C=O) groups excluding carboxylic acids is 5. The topological polar surface area (TPSA) is 243 Å². The van der Waals surface area contributed by atoms with Crippen LogP contribution in [-0.2, 0) is 16.0 Å². The average Bonchev–Trinajstić information content (AvgIpc) is 3.21. The first kappa shape index (κ1) is 42.1. The minimum atomic E-state index is -1.34. The molecule has 5 aromatic carbocycles. The van der Waals surface area contributed by atoms with Crippen LogP contribution in [0.15, 0.2) is 103 Å². The number of allylic oxidation sites excluding steroid dienone is 1. The van der Waals surface area contributed by atoms with Crippen LogP contribution in [0, 0.1) is 31.1 Å². The quantitative estimate of drug-likeness (QED) is 0.0413. The Balaban J connectivity index is 1.15. The summed E-state index contributed by atoms with van der Waals surface area (Å²) < 4.78 is 0. The number of carboxylic acids is 1. The number of aromatic hydroxyl groups is 3. The average molecular weight is 795 g/mol. The number of hydrogen-bond donors (Lipinski definition) is 7. The molecule has 0 heterocycles. The fourth-order valence-corrected chi connectivity index (χ4v) is 5.91. The first-order valence-electron chi connectivity index (χ1n) is 18.1. The van der Waals surface area contributed by atoms with Crippen molar-refractivity contribution >= 4 is 58.4 Å². The van der Waals surface area contributed by atoms with Crippen LogP contribution in [0.4, 0.5) is 17.1 Å². The third kappa shape index (κ3) is 10.6. The largest absolute Gasteiger partial charge is 0.508 e. The molecule has 0 saturated heterocycles. The van der Waals surface area contributed by atoms with Gasteiger partial charge in [0.2, 0.25) is 5.91 Å². The number of nitrogens with zero attached hydrogens (tertiary/aromatic N) is 1. The molecular formula is C45H38N4O10. The number of phenols is 3. The number of Topliss-reactive ketones (excluding diaryl/α,β-unsaturated/α-hetero) is 1. The van der Waals surface area contributed by atoms with Crippen LogP contribution in [0.3, 0.4) is 0 Å². The van der Waals surface area contributed by atoms with Crippen molar-refractivity contribution in [2.75, 3.05) is 16.0 Å². The number of hydrogen-bond acceptors (Lipinski definition) is 10. The second-order valence-corrected chi connectivity index (χ2v) is 13.5. The number of rotatable bonds is 15. The Morgan fingerprint density at radius 1 is 0.678 bits per heavy atom. The molecule has 5 aromatic rings. The lowest BCUT2D eigenvalue weighted by Crippen LogP contribution is -2.25. The first-order chi connectivity index (χ1) is 28.1. The lowest BCUT2D eigenvalue weighted by molar-refractivity contribution is -0.119. The summed E-state index contributed by atoms with van der Waals surface area (Å²) in [4.78, 5) is 76.1. The number of aromatic carboxylic acids is 1. The van der Waals surface area contributed by atoms with Crippen molar-refractivity contribution in [1.29, 1.82) is 5.26 Å². The zero-order valence-electron chi connectivity index (χ0n) is 31.8. The molecule has 0 bridgehead atoms. The van der Waals surface area contributed by atoms with Gasteiger partial charge in [-0.25, -0.2) is 4.79 Å². The molecule has 0 spiro atoms. The monoisotopic (exact) mass is 794 g/mol. The Labute approximate surface area is 338 Å². The van der Waals surface area contributed by atoms with E-state index in [1.165, 1.54) is 74.5 Å². The molecular weight excluding hydrogens is 757 g/mol. The maximum absolute atomic E-state index is 13.2. The lowest BCUT2D eigenvalue weighted by Gasteiger charge is -2.15. The van der Waals surface area contributed by atoms with Gasteiger partial charge in [0.15, 0.2) is 11.6 Å². The van der Waals surface area contributed by atoms with Crippen LogP contribution >= 0.6 is 0 Å². The normalized spacial score (nSPS) is 11.3. The van der Waals surface area contributed by atoms with Crippen molar-refractivity contribution in [1.82, 2.24) is 0 Å². The summed E-state index contributed by atoms with van der Waals surface area (Å²) in [5, 5.41) is 56.9. The molecule has 0 aliphatic carbocycles. The molecule has 0 saturated carbocycles. The fraction of sp³-hybridized carbons (Fsp3) is 0.133. The molecule has 14 heteroatoms. The van der Waals surface area contributed by atoms with Gasteiger partial charge in [-0.2, -0.15) is 5.26 Å². The van der Waals surface area contributed by atoms with E-state index in [2.05, 4.69) is 16.0 Å².